The van der Waals surface area contributed by atoms with Gasteiger partial charge in [-0.3, -0.25) is 4.79 Å². The molecule has 1 aliphatic heterocycles. The number of hydrogen-bond acceptors (Lipinski definition) is 3. The van der Waals surface area contributed by atoms with Crippen molar-refractivity contribution in [1.29, 1.82) is 0 Å². The van der Waals surface area contributed by atoms with Crippen LogP contribution in [0.15, 0.2) is 0 Å². The molecule has 2 unspecified atom stereocenters. The summed E-state index contributed by atoms with van der Waals surface area (Å²) >= 11 is 0. The van der Waals surface area contributed by atoms with Gasteiger partial charge in [0.2, 0.25) is 0 Å². The van der Waals surface area contributed by atoms with Crippen molar-refractivity contribution in [2.45, 2.75) is 31.7 Å². The number of hydrogen-bond donors (Lipinski definition) is 0. The molecule has 0 aromatic carbocycles. The smallest absolute Gasteiger partial charge is 0.161 e. The Bertz CT molecular complexity index is 178. The highest BCUT2D eigenvalue weighted by molar-refractivity contribution is 5.85. The Morgan fingerprint density at radius 1 is 1.64 bits per heavy atom. The Hall–Kier alpha value is -0.410. The molecule has 0 N–H and O–H groups in total. The summed E-state index contributed by atoms with van der Waals surface area (Å²) in [6.07, 6.45) is 2.32. The van der Waals surface area contributed by atoms with E-state index in [-0.39, 0.29) is 18.2 Å². The second-order valence-corrected chi connectivity index (χ2v) is 3.22. The molecule has 0 aromatic heterocycles. The molecule has 3 heteroatoms. The lowest BCUT2D eigenvalue weighted by Crippen LogP contribution is -2.19. The minimum Gasteiger partial charge on any atom is -0.356 e. The summed E-state index contributed by atoms with van der Waals surface area (Å²) in [5.74, 6) is 0.696. The lowest BCUT2D eigenvalue weighted by atomic mass is 10.1. The van der Waals surface area contributed by atoms with Crippen LogP contribution in [0.2, 0.25) is 0 Å². The lowest BCUT2D eigenvalue weighted by Gasteiger charge is -2.08. The zero-order valence-corrected chi connectivity index (χ0v) is 6.58. The second-order valence-electron chi connectivity index (χ2n) is 3.22. The fourth-order valence-electron chi connectivity index (χ4n) is 1.93. The maximum absolute atomic E-state index is 11.1. The average Bonchev–Trinajstić information content (AvgIpc) is 2.53. The highest BCUT2D eigenvalue weighted by Gasteiger charge is 2.43. The SMILES string of the molecule is COC1CC2CCC(=O)[C@H]2O1. The van der Waals surface area contributed by atoms with Crippen molar-refractivity contribution in [2.75, 3.05) is 7.11 Å². The van der Waals surface area contributed by atoms with Gasteiger partial charge in [-0.2, -0.15) is 0 Å². The fraction of sp³-hybridized carbons (Fsp3) is 0.875. The number of ketones is 1. The van der Waals surface area contributed by atoms with E-state index < -0.39 is 0 Å². The number of methoxy groups -OCH3 is 1. The third-order valence-electron chi connectivity index (χ3n) is 2.56. The maximum atomic E-state index is 11.1. The summed E-state index contributed by atoms with van der Waals surface area (Å²) in [6, 6.07) is 0. The normalized spacial score (nSPS) is 43.0. The van der Waals surface area contributed by atoms with Crippen LogP contribution in [0.25, 0.3) is 0 Å². The van der Waals surface area contributed by atoms with E-state index in [1.165, 1.54) is 0 Å². The standard InChI is InChI=1S/C8H12O3/c1-10-7-4-5-2-3-6(9)8(5)11-7/h5,7-8H,2-4H2,1H3/t5?,7?,8-/m0/s1. The lowest BCUT2D eigenvalue weighted by molar-refractivity contribution is -0.144. The summed E-state index contributed by atoms with van der Waals surface area (Å²) in [7, 11) is 1.62. The van der Waals surface area contributed by atoms with Crippen LogP contribution in [0.1, 0.15) is 19.3 Å². The molecule has 3 atom stereocenters. The number of rotatable bonds is 1. The topological polar surface area (TPSA) is 35.5 Å². The highest BCUT2D eigenvalue weighted by Crippen LogP contribution is 2.36. The van der Waals surface area contributed by atoms with E-state index in [4.69, 9.17) is 9.47 Å². The summed E-state index contributed by atoms with van der Waals surface area (Å²) in [5, 5.41) is 0. The van der Waals surface area contributed by atoms with E-state index in [0.29, 0.717) is 12.3 Å². The van der Waals surface area contributed by atoms with Gasteiger partial charge in [-0.05, 0) is 12.3 Å². The molecule has 11 heavy (non-hydrogen) atoms. The van der Waals surface area contributed by atoms with Crippen molar-refractivity contribution in [2.24, 2.45) is 5.92 Å². The van der Waals surface area contributed by atoms with Gasteiger partial charge in [-0.25, -0.2) is 0 Å². The number of ether oxygens (including phenoxy) is 2. The summed E-state index contributed by atoms with van der Waals surface area (Å²) < 4.78 is 10.4. The number of fused-ring (bicyclic) bond motifs is 1. The monoisotopic (exact) mass is 156 g/mol. The molecular weight excluding hydrogens is 144 g/mol. The van der Waals surface area contributed by atoms with E-state index in [2.05, 4.69) is 0 Å². The molecular formula is C8H12O3. The zero-order chi connectivity index (χ0) is 7.84. The molecule has 1 aliphatic carbocycles. The Morgan fingerprint density at radius 2 is 2.45 bits per heavy atom. The Balaban J connectivity index is 2.04. The number of carbonyl (C=O) groups excluding carboxylic acids is 1. The molecule has 62 valence electrons. The molecule has 1 saturated heterocycles. The van der Waals surface area contributed by atoms with E-state index in [1.807, 2.05) is 0 Å². The van der Waals surface area contributed by atoms with Crippen molar-refractivity contribution >= 4 is 5.78 Å². The van der Waals surface area contributed by atoms with Crippen LogP contribution in [0.3, 0.4) is 0 Å². The Kier molecular flexibility index (Phi) is 1.69. The molecule has 0 amide bonds. The third kappa shape index (κ3) is 1.08. The predicted molar refractivity (Wildman–Crippen MR) is 38.0 cm³/mol. The van der Waals surface area contributed by atoms with Crippen molar-refractivity contribution < 1.29 is 14.3 Å². The van der Waals surface area contributed by atoms with E-state index in [0.717, 1.165) is 12.8 Å². The van der Waals surface area contributed by atoms with Gasteiger partial charge >= 0.3 is 0 Å². The first-order valence-electron chi connectivity index (χ1n) is 4.02. The van der Waals surface area contributed by atoms with Crippen LogP contribution in [0, 0.1) is 5.92 Å². The molecule has 0 aromatic rings. The van der Waals surface area contributed by atoms with Gasteiger partial charge in [0.05, 0.1) is 0 Å². The van der Waals surface area contributed by atoms with Crippen LogP contribution >= 0.6 is 0 Å². The number of Topliss-reactive ketones (excluding diaryl/α,β-unsaturated/α-hetero) is 1. The van der Waals surface area contributed by atoms with Gasteiger partial charge in [0.25, 0.3) is 0 Å². The molecule has 3 nitrogen and oxygen atoms in total. The van der Waals surface area contributed by atoms with Gasteiger partial charge in [-0.1, -0.05) is 0 Å². The molecule has 2 rings (SSSR count). The van der Waals surface area contributed by atoms with Crippen molar-refractivity contribution in [3.63, 3.8) is 0 Å². The molecule has 1 saturated carbocycles. The van der Waals surface area contributed by atoms with E-state index >= 15 is 0 Å². The average molecular weight is 156 g/mol. The van der Waals surface area contributed by atoms with Crippen molar-refractivity contribution in [3.8, 4) is 0 Å². The molecule has 0 radical (unpaired) electrons. The van der Waals surface area contributed by atoms with E-state index in [9.17, 15) is 4.79 Å². The molecule has 0 spiro atoms. The largest absolute Gasteiger partial charge is 0.356 e. The van der Waals surface area contributed by atoms with Crippen LogP contribution in [-0.2, 0) is 14.3 Å². The van der Waals surface area contributed by atoms with Gasteiger partial charge in [0.1, 0.15) is 6.10 Å². The van der Waals surface area contributed by atoms with Gasteiger partial charge in [0.15, 0.2) is 12.1 Å². The molecule has 2 aliphatic rings. The van der Waals surface area contributed by atoms with Gasteiger partial charge < -0.3 is 9.47 Å². The molecule has 2 fully saturated rings. The minimum absolute atomic E-state index is 0.130. The summed E-state index contributed by atoms with van der Waals surface area (Å²) in [6.45, 7) is 0. The van der Waals surface area contributed by atoms with Gasteiger partial charge in [-0.15, -0.1) is 0 Å². The first-order valence-corrected chi connectivity index (χ1v) is 4.02. The summed E-state index contributed by atoms with van der Waals surface area (Å²) in [5.41, 5.74) is 0. The zero-order valence-electron chi connectivity index (χ0n) is 6.58. The second kappa shape index (κ2) is 2.57. The van der Waals surface area contributed by atoms with Crippen molar-refractivity contribution in [3.05, 3.63) is 0 Å². The fourth-order valence-corrected chi connectivity index (χ4v) is 1.93. The van der Waals surface area contributed by atoms with E-state index in [1.54, 1.807) is 7.11 Å². The Labute approximate surface area is 65.7 Å². The van der Waals surface area contributed by atoms with Crippen molar-refractivity contribution in [1.82, 2.24) is 0 Å². The molecule has 0 bridgehead atoms. The first kappa shape index (κ1) is 7.25. The molecule has 1 heterocycles. The maximum Gasteiger partial charge on any atom is 0.161 e. The van der Waals surface area contributed by atoms with Gasteiger partial charge in [0, 0.05) is 20.0 Å². The third-order valence-corrected chi connectivity index (χ3v) is 2.56. The highest BCUT2D eigenvalue weighted by atomic mass is 16.7. The van der Waals surface area contributed by atoms with Crippen LogP contribution < -0.4 is 0 Å². The van der Waals surface area contributed by atoms with Crippen LogP contribution in [0.5, 0.6) is 0 Å². The predicted octanol–water partition coefficient (Wildman–Crippen LogP) is 0.727. The number of carbonyl (C=O) groups is 1. The quantitative estimate of drug-likeness (QED) is 0.561. The summed E-state index contributed by atoms with van der Waals surface area (Å²) in [4.78, 5) is 11.1. The minimum atomic E-state index is -0.139. The van der Waals surface area contributed by atoms with Crippen LogP contribution in [0.4, 0.5) is 0 Å². The first-order chi connectivity index (χ1) is 5.31. The Morgan fingerprint density at radius 3 is 3.09 bits per heavy atom. The van der Waals surface area contributed by atoms with Crippen LogP contribution in [-0.4, -0.2) is 25.3 Å².